The van der Waals surface area contributed by atoms with Gasteiger partial charge in [0.2, 0.25) is 0 Å². The first-order valence-corrected chi connectivity index (χ1v) is 12.7. The summed E-state index contributed by atoms with van der Waals surface area (Å²) in [5, 5.41) is 21.0. The van der Waals surface area contributed by atoms with Gasteiger partial charge in [0.1, 0.15) is 0 Å². The van der Waals surface area contributed by atoms with E-state index in [9.17, 15) is 29.6 Å². The zero-order valence-electron chi connectivity index (χ0n) is 21.9. The summed E-state index contributed by atoms with van der Waals surface area (Å²) in [6.07, 6.45) is 1.72. The summed E-state index contributed by atoms with van der Waals surface area (Å²) in [6, 6.07) is 12.7. The van der Waals surface area contributed by atoms with Crippen LogP contribution in [-0.2, 0) is 9.59 Å². The van der Waals surface area contributed by atoms with Gasteiger partial charge in [-0.15, -0.1) is 0 Å². The molecule has 0 aromatic heterocycles. The number of carbonyl (C=O) groups excluding carboxylic acids is 2. The lowest BCUT2D eigenvalue weighted by molar-refractivity contribution is -0.384. The minimum atomic E-state index is -1.04. The van der Waals surface area contributed by atoms with Crippen LogP contribution in [0, 0.1) is 20.9 Å². The Kier molecular flexibility index (Phi) is 5.89. The summed E-state index contributed by atoms with van der Waals surface area (Å²) >= 11 is 0. The molecule has 196 valence electrons. The van der Waals surface area contributed by atoms with E-state index in [1.165, 1.54) is 24.3 Å². The second-order valence-corrected chi connectivity index (χ2v) is 12.1. The van der Waals surface area contributed by atoms with Crippen molar-refractivity contribution in [1.29, 1.82) is 0 Å². The van der Waals surface area contributed by atoms with Gasteiger partial charge in [-0.1, -0.05) is 39.8 Å². The van der Waals surface area contributed by atoms with E-state index in [4.69, 9.17) is 0 Å². The van der Waals surface area contributed by atoms with Gasteiger partial charge in [-0.25, -0.2) is 4.79 Å². The van der Waals surface area contributed by atoms with Crippen LogP contribution in [0.15, 0.2) is 71.1 Å². The minimum Gasteiger partial charge on any atom is -0.478 e. The molecule has 0 saturated carbocycles. The predicted molar refractivity (Wildman–Crippen MR) is 142 cm³/mol. The van der Waals surface area contributed by atoms with Crippen LogP contribution >= 0.6 is 0 Å². The van der Waals surface area contributed by atoms with Crippen molar-refractivity contribution in [3.8, 4) is 0 Å². The first-order chi connectivity index (χ1) is 17.8. The number of hydrogen-bond donors (Lipinski definition) is 1. The largest absolute Gasteiger partial charge is 0.478 e. The van der Waals surface area contributed by atoms with Crippen molar-refractivity contribution in [2.24, 2.45) is 10.8 Å². The van der Waals surface area contributed by atoms with E-state index in [1.807, 2.05) is 32.6 Å². The predicted octanol–water partition coefficient (Wildman–Crippen LogP) is 6.18. The zero-order valence-corrected chi connectivity index (χ0v) is 21.9. The molecule has 2 aromatic carbocycles. The molecule has 5 rings (SSSR count). The van der Waals surface area contributed by atoms with Crippen LogP contribution in [0.3, 0.4) is 0 Å². The molecule has 1 heterocycles. The fourth-order valence-corrected chi connectivity index (χ4v) is 6.18. The van der Waals surface area contributed by atoms with Crippen LogP contribution in [0.4, 0.5) is 11.4 Å². The average molecular weight is 515 g/mol. The molecule has 0 unspecified atom stereocenters. The van der Waals surface area contributed by atoms with E-state index in [-0.39, 0.29) is 33.6 Å². The number of carboxylic acid groups (broad SMARTS) is 1. The Labute approximate surface area is 220 Å². The van der Waals surface area contributed by atoms with Crippen LogP contribution in [0.25, 0.3) is 0 Å². The quantitative estimate of drug-likeness (QED) is 0.382. The van der Waals surface area contributed by atoms with Crippen LogP contribution in [0.1, 0.15) is 75.2 Å². The van der Waals surface area contributed by atoms with Gasteiger partial charge in [-0.3, -0.25) is 19.7 Å². The molecular weight excluding hydrogens is 484 g/mol. The Hall–Kier alpha value is -4.07. The van der Waals surface area contributed by atoms with Crippen molar-refractivity contribution in [2.45, 2.75) is 59.3 Å². The first-order valence-electron chi connectivity index (χ1n) is 12.7. The molecule has 0 fully saturated rings. The number of allylic oxidation sites excluding steroid dienone is 4. The van der Waals surface area contributed by atoms with E-state index in [1.54, 1.807) is 24.3 Å². The summed E-state index contributed by atoms with van der Waals surface area (Å²) in [5.74, 6) is -1.89. The summed E-state index contributed by atoms with van der Waals surface area (Å²) in [4.78, 5) is 52.3. The highest BCUT2D eigenvalue weighted by Crippen LogP contribution is 2.55. The number of hydrogen-bond acceptors (Lipinski definition) is 6. The van der Waals surface area contributed by atoms with Crippen LogP contribution in [-0.4, -0.2) is 27.6 Å². The number of benzene rings is 2. The zero-order chi connectivity index (χ0) is 27.6. The Morgan fingerprint density at radius 3 is 1.89 bits per heavy atom. The SMILES string of the molecule is CC1(C)CC(=O)C2=C(C1)N(c1ccc(C(=O)O)cc1)C1=C(C(=O)CC(C)(C)C1)C2c1cccc([N+](=O)[O-])c1. The number of Topliss-reactive ketones (excluding diaryl/α,β-unsaturated/α-hetero) is 2. The van der Waals surface area contributed by atoms with Gasteiger partial charge < -0.3 is 10.0 Å². The average Bonchev–Trinajstić information content (AvgIpc) is 2.81. The fourth-order valence-electron chi connectivity index (χ4n) is 6.18. The minimum absolute atomic E-state index is 0.0795. The van der Waals surface area contributed by atoms with Crippen molar-refractivity contribution in [2.75, 3.05) is 4.90 Å². The lowest BCUT2D eigenvalue weighted by Crippen LogP contribution is -2.44. The van der Waals surface area contributed by atoms with Gasteiger partial charge >= 0.3 is 5.97 Å². The van der Waals surface area contributed by atoms with Crippen LogP contribution < -0.4 is 4.90 Å². The molecule has 0 amide bonds. The summed E-state index contributed by atoms with van der Waals surface area (Å²) in [5.41, 5.74) is 3.16. The van der Waals surface area contributed by atoms with E-state index in [0.29, 0.717) is 48.1 Å². The monoisotopic (exact) mass is 514 g/mol. The molecule has 0 bridgehead atoms. The van der Waals surface area contributed by atoms with Crippen molar-refractivity contribution in [3.05, 3.63) is 92.3 Å². The number of anilines is 1. The number of ketones is 2. The number of nitro groups is 1. The molecule has 0 radical (unpaired) electrons. The Morgan fingerprint density at radius 2 is 1.42 bits per heavy atom. The number of nitrogens with zero attached hydrogens (tertiary/aromatic N) is 2. The van der Waals surface area contributed by atoms with Gasteiger partial charge in [0.25, 0.3) is 5.69 Å². The molecule has 1 aliphatic heterocycles. The third-order valence-corrected chi connectivity index (χ3v) is 7.70. The highest BCUT2D eigenvalue weighted by molar-refractivity contribution is 6.08. The van der Waals surface area contributed by atoms with E-state index in [0.717, 1.165) is 11.4 Å². The van der Waals surface area contributed by atoms with Gasteiger partial charge in [-0.2, -0.15) is 0 Å². The summed E-state index contributed by atoms with van der Waals surface area (Å²) in [6.45, 7) is 8.12. The van der Waals surface area contributed by atoms with Crippen LogP contribution in [0.5, 0.6) is 0 Å². The van der Waals surface area contributed by atoms with E-state index in [2.05, 4.69) is 0 Å². The molecule has 0 saturated heterocycles. The molecule has 0 atom stereocenters. The van der Waals surface area contributed by atoms with E-state index < -0.39 is 16.8 Å². The molecule has 0 spiro atoms. The van der Waals surface area contributed by atoms with Gasteiger partial charge in [-0.05, 0) is 53.5 Å². The molecule has 3 aliphatic rings. The van der Waals surface area contributed by atoms with Crippen LogP contribution in [0.2, 0.25) is 0 Å². The normalized spacial score (nSPS) is 20.8. The summed E-state index contributed by atoms with van der Waals surface area (Å²) in [7, 11) is 0. The van der Waals surface area contributed by atoms with Crippen molar-refractivity contribution >= 4 is 28.9 Å². The maximum absolute atomic E-state index is 13.8. The lowest BCUT2D eigenvalue weighted by Gasteiger charge is -2.49. The fraction of sp³-hybridized carbons (Fsp3) is 0.367. The topological polar surface area (TPSA) is 118 Å². The Balaban J connectivity index is 1.82. The third-order valence-electron chi connectivity index (χ3n) is 7.70. The standard InChI is InChI=1S/C30H30N2O6/c1-29(2)13-21-26(23(33)15-29)25(18-6-5-7-20(12-18)32(37)38)27-22(14-30(3,4)16-24(27)34)31(21)19-10-8-17(9-11-19)28(35)36/h5-12,25H,13-16H2,1-4H3,(H,35,36). The molecule has 2 aromatic rings. The van der Waals surface area contributed by atoms with Crippen molar-refractivity contribution in [3.63, 3.8) is 0 Å². The third kappa shape index (κ3) is 4.34. The van der Waals surface area contributed by atoms with Gasteiger partial charge in [0, 0.05) is 59.1 Å². The van der Waals surface area contributed by atoms with Crippen molar-refractivity contribution in [1.82, 2.24) is 0 Å². The number of non-ortho nitro benzene ring substituents is 1. The first kappa shape index (κ1) is 25.6. The van der Waals surface area contributed by atoms with E-state index >= 15 is 0 Å². The maximum Gasteiger partial charge on any atom is 0.335 e. The molecule has 1 N–H and O–H groups in total. The lowest BCUT2D eigenvalue weighted by atomic mass is 9.63. The highest BCUT2D eigenvalue weighted by Gasteiger charge is 2.49. The Morgan fingerprint density at radius 1 is 0.895 bits per heavy atom. The Bertz CT molecular complexity index is 1410. The van der Waals surface area contributed by atoms with Gasteiger partial charge in [0.15, 0.2) is 11.6 Å². The summed E-state index contributed by atoms with van der Waals surface area (Å²) < 4.78 is 0. The highest BCUT2D eigenvalue weighted by atomic mass is 16.6. The maximum atomic E-state index is 13.8. The van der Waals surface area contributed by atoms with Crippen molar-refractivity contribution < 1.29 is 24.4 Å². The number of carbonyl (C=O) groups is 3. The second-order valence-electron chi connectivity index (χ2n) is 12.1. The van der Waals surface area contributed by atoms with Gasteiger partial charge in [0.05, 0.1) is 10.5 Å². The molecule has 8 nitrogen and oxygen atoms in total. The number of aromatic carboxylic acids is 1. The molecule has 8 heteroatoms. The molecular formula is C30H30N2O6. The number of nitro benzene ring substituents is 1. The molecule has 2 aliphatic carbocycles. The number of rotatable bonds is 4. The smallest absolute Gasteiger partial charge is 0.335 e. The second kappa shape index (κ2) is 8.75. The number of carboxylic acids is 1. The molecule has 38 heavy (non-hydrogen) atoms.